The van der Waals surface area contributed by atoms with E-state index in [1.807, 2.05) is 0 Å². The molecule has 0 aliphatic carbocycles. The molecule has 35 heavy (non-hydrogen) atoms. The maximum Gasteiger partial charge on any atom is 0.418 e. The normalized spacial score (nSPS) is 21.5. The van der Waals surface area contributed by atoms with E-state index in [0.29, 0.717) is 30.9 Å². The minimum absolute atomic E-state index is 0.141. The fourth-order valence-corrected chi connectivity index (χ4v) is 6.39. The van der Waals surface area contributed by atoms with Gasteiger partial charge in [-0.05, 0) is 49.1 Å². The van der Waals surface area contributed by atoms with Crippen molar-refractivity contribution in [1.29, 1.82) is 0 Å². The summed E-state index contributed by atoms with van der Waals surface area (Å²) in [5.74, 6) is 0.388. The van der Waals surface area contributed by atoms with Crippen LogP contribution >= 0.6 is 0 Å². The maximum absolute atomic E-state index is 13.7. The van der Waals surface area contributed by atoms with Crippen molar-refractivity contribution in [1.82, 2.24) is 0 Å². The lowest BCUT2D eigenvalue weighted by Crippen LogP contribution is -2.37. The molecular weight excluding hydrogens is 483 g/mol. The van der Waals surface area contributed by atoms with Crippen LogP contribution in [0, 0.1) is 11.8 Å². The van der Waals surface area contributed by atoms with Gasteiger partial charge < -0.3 is 14.6 Å². The molecule has 2 aliphatic rings. The number of anilines is 1. The Labute approximate surface area is 203 Å². The van der Waals surface area contributed by atoms with Gasteiger partial charge in [-0.1, -0.05) is 26.0 Å². The highest BCUT2D eigenvalue weighted by Gasteiger charge is 2.39. The summed E-state index contributed by atoms with van der Waals surface area (Å²) >= 11 is 0. The first-order valence-electron chi connectivity index (χ1n) is 11.7. The number of aliphatic hydroxyl groups excluding tert-OH is 1. The molecular formula is C25H30F3NO5S. The summed E-state index contributed by atoms with van der Waals surface area (Å²) in [7, 11) is -4.37. The lowest BCUT2D eigenvalue weighted by atomic mass is 9.87. The first kappa shape index (κ1) is 25.8. The summed E-state index contributed by atoms with van der Waals surface area (Å²) in [5, 5.41) is 10.8. The van der Waals surface area contributed by atoms with Gasteiger partial charge in [0.05, 0.1) is 22.3 Å². The third-order valence-electron chi connectivity index (χ3n) is 6.46. The van der Waals surface area contributed by atoms with Crippen LogP contribution in [0.4, 0.5) is 18.9 Å². The molecule has 6 nitrogen and oxygen atoms in total. The fraction of sp³-hybridized carbons (Fsp3) is 0.520. The van der Waals surface area contributed by atoms with Crippen molar-refractivity contribution in [3.05, 3.63) is 53.6 Å². The van der Waals surface area contributed by atoms with Crippen LogP contribution in [0.25, 0.3) is 0 Å². The summed E-state index contributed by atoms with van der Waals surface area (Å²) < 4.78 is 80.8. The van der Waals surface area contributed by atoms with Crippen molar-refractivity contribution in [2.45, 2.75) is 56.4 Å². The molecule has 0 bridgehead atoms. The molecule has 2 unspecified atom stereocenters. The Bertz CT molecular complexity index is 1150. The smallest absolute Gasteiger partial charge is 0.418 e. The van der Waals surface area contributed by atoms with Crippen LogP contribution in [0.1, 0.15) is 50.3 Å². The van der Waals surface area contributed by atoms with Gasteiger partial charge in [0.1, 0.15) is 11.9 Å². The highest BCUT2D eigenvalue weighted by Crippen LogP contribution is 2.42. The zero-order chi connectivity index (χ0) is 25.4. The van der Waals surface area contributed by atoms with Gasteiger partial charge >= 0.3 is 6.18 Å². The summed E-state index contributed by atoms with van der Waals surface area (Å²) in [6, 6.07) is 8.79. The second-order valence-electron chi connectivity index (χ2n) is 9.50. The highest BCUT2D eigenvalue weighted by atomic mass is 32.2. The van der Waals surface area contributed by atoms with Crippen molar-refractivity contribution in [3.63, 3.8) is 0 Å². The van der Waals surface area contributed by atoms with Gasteiger partial charge in [0.25, 0.3) is 10.0 Å². The molecule has 192 valence electrons. The van der Waals surface area contributed by atoms with Crippen LogP contribution in [0.15, 0.2) is 47.4 Å². The Kier molecular flexibility index (Phi) is 7.36. The number of fused-ring (bicyclic) bond motifs is 1. The zero-order valence-corrected chi connectivity index (χ0v) is 20.5. The molecule has 0 spiro atoms. The third-order valence-corrected chi connectivity index (χ3v) is 8.24. The molecule has 2 aromatic rings. The van der Waals surface area contributed by atoms with Crippen molar-refractivity contribution < 1.29 is 36.2 Å². The average Bonchev–Trinajstić information content (AvgIpc) is 2.82. The van der Waals surface area contributed by atoms with Gasteiger partial charge in [-0.3, -0.25) is 4.31 Å². The number of rotatable bonds is 6. The second kappa shape index (κ2) is 9.99. The molecule has 0 aromatic heterocycles. The number of nitrogens with zero attached hydrogens (tertiary/aromatic N) is 1. The summed E-state index contributed by atoms with van der Waals surface area (Å²) in [6.45, 7) is 4.60. The number of ether oxygens (including phenoxy) is 2. The second-order valence-corrected chi connectivity index (χ2v) is 11.4. The van der Waals surface area contributed by atoms with Crippen LogP contribution in [-0.2, 0) is 20.9 Å². The number of benzene rings is 2. The maximum atomic E-state index is 13.7. The van der Waals surface area contributed by atoms with Gasteiger partial charge in [0.15, 0.2) is 0 Å². The van der Waals surface area contributed by atoms with Crippen LogP contribution < -0.4 is 9.04 Å². The first-order valence-corrected chi connectivity index (χ1v) is 13.2. The Balaban J connectivity index is 1.70. The van der Waals surface area contributed by atoms with Crippen molar-refractivity contribution in [3.8, 4) is 5.75 Å². The number of halogens is 3. The number of para-hydroxylation sites is 1. The number of sulfonamides is 1. The minimum Gasteiger partial charge on any atom is -0.490 e. The standard InChI is InChI=1S/C25H30F3NO5S/c1-16(2)15-29(21-6-4-3-5-20(21)25(26,27)28)35(31,32)18-7-8-23-19(13-18)22(30)14-24(34-23)17-9-11-33-12-10-17/h3-8,13,16-17,22,24,30H,9-12,14-15H2,1-2H3. The monoisotopic (exact) mass is 513 g/mol. The fourth-order valence-electron chi connectivity index (χ4n) is 4.70. The van der Waals surface area contributed by atoms with Crippen LogP contribution in [0.2, 0.25) is 0 Å². The quantitative estimate of drug-likeness (QED) is 0.577. The molecule has 0 saturated carbocycles. The van der Waals surface area contributed by atoms with E-state index >= 15 is 0 Å². The molecule has 2 heterocycles. The number of hydrogen-bond donors (Lipinski definition) is 1. The number of aliphatic hydroxyl groups is 1. The van der Waals surface area contributed by atoms with E-state index in [4.69, 9.17) is 9.47 Å². The Morgan fingerprint density at radius 1 is 1.11 bits per heavy atom. The Morgan fingerprint density at radius 2 is 1.80 bits per heavy atom. The van der Waals surface area contributed by atoms with Crippen LogP contribution in [-0.4, -0.2) is 39.4 Å². The molecule has 2 atom stereocenters. The predicted octanol–water partition coefficient (Wildman–Crippen LogP) is 5.17. The lowest BCUT2D eigenvalue weighted by molar-refractivity contribution is -0.137. The SMILES string of the molecule is CC(C)CN(c1ccccc1C(F)(F)F)S(=O)(=O)c1ccc2c(c1)C(O)CC(C1CCOCC1)O2. The van der Waals surface area contributed by atoms with Crippen LogP contribution in [0.3, 0.4) is 0 Å². The zero-order valence-electron chi connectivity index (χ0n) is 19.7. The molecule has 2 aromatic carbocycles. The van der Waals surface area contributed by atoms with Crippen LogP contribution in [0.5, 0.6) is 5.75 Å². The van der Waals surface area contributed by atoms with Crippen molar-refractivity contribution in [2.75, 3.05) is 24.1 Å². The molecule has 0 radical (unpaired) electrons. The average molecular weight is 514 g/mol. The molecule has 1 saturated heterocycles. The third kappa shape index (κ3) is 5.44. The van der Waals surface area contributed by atoms with E-state index in [2.05, 4.69) is 0 Å². The Hall–Kier alpha value is -2.30. The number of hydrogen-bond acceptors (Lipinski definition) is 5. The topological polar surface area (TPSA) is 76.1 Å². The summed E-state index contributed by atoms with van der Waals surface area (Å²) in [4.78, 5) is -0.193. The van der Waals surface area contributed by atoms with Gasteiger partial charge in [-0.2, -0.15) is 13.2 Å². The summed E-state index contributed by atoms with van der Waals surface area (Å²) in [6.07, 6.45) is -3.92. The predicted molar refractivity (Wildman–Crippen MR) is 125 cm³/mol. The molecule has 1 N–H and O–H groups in total. The van der Waals surface area contributed by atoms with Gasteiger partial charge in [-0.15, -0.1) is 0 Å². The van der Waals surface area contributed by atoms with Gasteiger partial charge in [0, 0.05) is 37.7 Å². The van der Waals surface area contributed by atoms with E-state index in [1.54, 1.807) is 13.8 Å². The Morgan fingerprint density at radius 3 is 2.46 bits per heavy atom. The first-order chi connectivity index (χ1) is 16.5. The van der Waals surface area contributed by atoms with E-state index in [1.165, 1.54) is 30.3 Å². The van der Waals surface area contributed by atoms with E-state index in [0.717, 1.165) is 29.3 Å². The lowest BCUT2D eigenvalue weighted by Gasteiger charge is -2.36. The minimum atomic E-state index is -4.72. The summed E-state index contributed by atoms with van der Waals surface area (Å²) in [5.41, 5.74) is -1.13. The highest BCUT2D eigenvalue weighted by molar-refractivity contribution is 7.92. The molecule has 2 aliphatic heterocycles. The number of alkyl halides is 3. The molecule has 4 rings (SSSR count). The van der Waals surface area contributed by atoms with Crippen molar-refractivity contribution >= 4 is 15.7 Å². The molecule has 1 fully saturated rings. The van der Waals surface area contributed by atoms with Crippen molar-refractivity contribution in [2.24, 2.45) is 11.8 Å². The van der Waals surface area contributed by atoms with E-state index in [9.17, 15) is 26.7 Å². The van der Waals surface area contributed by atoms with Gasteiger partial charge in [-0.25, -0.2) is 8.42 Å². The van der Waals surface area contributed by atoms with E-state index < -0.39 is 33.6 Å². The largest absolute Gasteiger partial charge is 0.490 e. The van der Waals surface area contributed by atoms with Gasteiger partial charge in [0.2, 0.25) is 0 Å². The molecule has 10 heteroatoms. The molecule has 0 amide bonds. The van der Waals surface area contributed by atoms with E-state index in [-0.39, 0.29) is 29.4 Å².